The third kappa shape index (κ3) is 5.70. The minimum Gasteiger partial charge on any atom is -0.454 e. The van der Waals surface area contributed by atoms with Gasteiger partial charge in [-0.1, -0.05) is 19.9 Å². The Morgan fingerprint density at radius 2 is 2.00 bits per heavy atom. The van der Waals surface area contributed by atoms with E-state index in [2.05, 4.69) is 37.5 Å². The quantitative estimate of drug-likeness (QED) is 0.290. The monoisotopic (exact) mass is 449 g/mol. The number of hydrogen-bond donors (Lipinski definition) is 2. The fourth-order valence-electron chi connectivity index (χ4n) is 2.30. The zero-order chi connectivity index (χ0) is 16.7. The average Bonchev–Trinajstić information content (AvgIpc) is 3.00. The van der Waals surface area contributed by atoms with Crippen molar-refractivity contribution in [2.75, 3.05) is 40.1 Å². The molecule has 0 saturated carbocycles. The van der Waals surface area contributed by atoms with Crippen LogP contribution in [0.2, 0.25) is 0 Å². The van der Waals surface area contributed by atoms with Crippen molar-refractivity contribution in [1.29, 1.82) is 0 Å². The number of nitrogens with one attached hydrogen (secondary N) is 2. The highest BCUT2D eigenvalue weighted by Crippen LogP contribution is 2.36. The molecule has 0 bridgehead atoms. The lowest BCUT2D eigenvalue weighted by molar-refractivity contribution is 0.174. The summed E-state index contributed by atoms with van der Waals surface area (Å²) in [6.07, 6.45) is 0. The normalized spacial score (nSPS) is 13.4. The molecule has 1 aliphatic rings. The van der Waals surface area contributed by atoms with E-state index in [0.717, 1.165) is 30.5 Å². The lowest BCUT2D eigenvalue weighted by Gasteiger charge is -2.24. The van der Waals surface area contributed by atoms with Crippen molar-refractivity contribution in [2.24, 2.45) is 4.99 Å². The first-order valence-corrected chi connectivity index (χ1v) is 7.98. The van der Waals surface area contributed by atoms with E-state index in [1.807, 2.05) is 12.1 Å². The molecule has 1 aromatic carbocycles. The molecule has 0 aromatic heterocycles. The molecule has 2 rings (SSSR count). The van der Waals surface area contributed by atoms with Gasteiger partial charge in [0.15, 0.2) is 17.5 Å². The Balaban J connectivity index is 0.00000288. The van der Waals surface area contributed by atoms with Crippen LogP contribution < -0.4 is 20.1 Å². The molecule has 0 aliphatic carbocycles. The Hall–Kier alpha value is -1.22. The van der Waals surface area contributed by atoms with Crippen LogP contribution in [0.4, 0.5) is 0 Å². The van der Waals surface area contributed by atoms with E-state index in [4.69, 9.17) is 19.2 Å². The fraction of sp³-hybridized carbons (Fsp3) is 0.588. The maximum absolute atomic E-state index is 5.47. The Morgan fingerprint density at radius 3 is 2.71 bits per heavy atom. The van der Waals surface area contributed by atoms with Crippen LogP contribution in [-0.4, -0.2) is 46.1 Å². The van der Waals surface area contributed by atoms with Gasteiger partial charge in [0.2, 0.25) is 6.79 Å². The summed E-state index contributed by atoms with van der Waals surface area (Å²) in [6.45, 7) is 9.56. The Bertz CT molecular complexity index is 550. The molecule has 0 radical (unpaired) electrons. The van der Waals surface area contributed by atoms with Crippen LogP contribution >= 0.6 is 24.0 Å². The van der Waals surface area contributed by atoms with E-state index in [1.54, 1.807) is 7.11 Å². The number of ether oxygens (including phenoxy) is 3. The van der Waals surface area contributed by atoms with E-state index in [1.165, 1.54) is 5.56 Å². The van der Waals surface area contributed by atoms with Gasteiger partial charge in [-0.05, 0) is 24.6 Å². The van der Waals surface area contributed by atoms with E-state index in [0.29, 0.717) is 19.9 Å². The Labute approximate surface area is 161 Å². The zero-order valence-electron chi connectivity index (χ0n) is 14.8. The molecule has 0 atom stereocenters. The van der Waals surface area contributed by atoms with Crippen molar-refractivity contribution in [3.63, 3.8) is 0 Å². The lowest BCUT2D eigenvalue weighted by Crippen LogP contribution is -2.40. The fourth-order valence-corrected chi connectivity index (χ4v) is 2.30. The first-order chi connectivity index (χ1) is 11.1. The van der Waals surface area contributed by atoms with Crippen molar-refractivity contribution in [3.8, 4) is 11.5 Å². The molecular formula is C17H28IN3O3. The number of rotatable bonds is 7. The van der Waals surface area contributed by atoms with Gasteiger partial charge in [0.1, 0.15) is 0 Å². The van der Waals surface area contributed by atoms with Crippen LogP contribution in [0.15, 0.2) is 23.2 Å². The molecule has 1 aromatic rings. The van der Waals surface area contributed by atoms with E-state index in [9.17, 15) is 0 Å². The number of nitrogens with zero attached hydrogens (tertiary/aromatic N) is 1. The van der Waals surface area contributed by atoms with Gasteiger partial charge in [-0.15, -0.1) is 24.0 Å². The van der Waals surface area contributed by atoms with Crippen molar-refractivity contribution < 1.29 is 14.2 Å². The van der Waals surface area contributed by atoms with Crippen LogP contribution in [0.25, 0.3) is 0 Å². The molecule has 24 heavy (non-hydrogen) atoms. The standard InChI is InChI=1S/C17H27N3O3.HI/c1-5-18-16(19-8-9-21-4)20-11-17(2,3)13-6-7-14-15(10-13)23-12-22-14;/h6-7,10H,5,8-9,11-12H2,1-4H3,(H2,18,19,20);1H. The van der Waals surface area contributed by atoms with Gasteiger partial charge in [-0.25, -0.2) is 0 Å². The summed E-state index contributed by atoms with van der Waals surface area (Å²) in [7, 11) is 1.69. The van der Waals surface area contributed by atoms with Crippen molar-refractivity contribution in [2.45, 2.75) is 26.2 Å². The smallest absolute Gasteiger partial charge is 0.231 e. The van der Waals surface area contributed by atoms with Gasteiger partial charge in [0, 0.05) is 25.6 Å². The van der Waals surface area contributed by atoms with Gasteiger partial charge in [-0.3, -0.25) is 4.99 Å². The maximum atomic E-state index is 5.47. The molecular weight excluding hydrogens is 421 g/mol. The molecule has 0 saturated heterocycles. The van der Waals surface area contributed by atoms with E-state index < -0.39 is 0 Å². The molecule has 0 unspecified atom stereocenters. The second-order valence-electron chi connectivity index (χ2n) is 6.07. The summed E-state index contributed by atoms with van der Waals surface area (Å²) in [5.74, 6) is 2.42. The third-order valence-electron chi connectivity index (χ3n) is 3.73. The molecule has 6 nitrogen and oxygen atoms in total. The van der Waals surface area contributed by atoms with Crippen molar-refractivity contribution in [3.05, 3.63) is 23.8 Å². The molecule has 1 aliphatic heterocycles. The highest BCUT2D eigenvalue weighted by Gasteiger charge is 2.24. The summed E-state index contributed by atoms with van der Waals surface area (Å²) in [4.78, 5) is 4.69. The molecule has 0 amide bonds. The minimum atomic E-state index is -0.107. The van der Waals surface area contributed by atoms with Crippen LogP contribution in [0, 0.1) is 0 Å². The first kappa shape index (κ1) is 20.8. The summed E-state index contributed by atoms with van der Waals surface area (Å²) in [5.41, 5.74) is 1.07. The number of benzene rings is 1. The SMILES string of the molecule is CCNC(=NCC(C)(C)c1ccc2c(c1)OCO2)NCCOC.I. The number of fused-ring (bicyclic) bond motifs is 1. The topological polar surface area (TPSA) is 64.1 Å². The zero-order valence-corrected chi connectivity index (χ0v) is 17.2. The van der Waals surface area contributed by atoms with Gasteiger partial charge in [0.05, 0.1) is 13.2 Å². The average molecular weight is 449 g/mol. The molecule has 136 valence electrons. The molecule has 0 fully saturated rings. The highest BCUT2D eigenvalue weighted by atomic mass is 127. The second kappa shape index (κ2) is 9.93. The van der Waals surface area contributed by atoms with Crippen LogP contribution in [0.3, 0.4) is 0 Å². The van der Waals surface area contributed by atoms with Crippen molar-refractivity contribution in [1.82, 2.24) is 10.6 Å². The second-order valence-corrected chi connectivity index (χ2v) is 6.07. The summed E-state index contributed by atoms with van der Waals surface area (Å²) >= 11 is 0. The lowest BCUT2D eigenvalue weighted by atomic mass is 9.84. The Morgan fingerprint density at radius 1 is 1.25 bits per heavy atom. The van der Waals surface area contributed by atoms with Gasteiger partial charge < -0.3 is 24.8 Å². The largest absolute Gasteiger partial charge is 0.454 e. The molecule has 1 heterocycles. The maximum Gasteiger partial charge on any atom is 0.231 e. The summed E-state index contributed by atoms with van der Waals surface area (Å²) < 4.78 is 15.9. The number of aliphatic imine (C=N–C) groups is 1. The number of halogens is 1. The van der Waals surface area contributed by atoms with Gasteiger partial charge >= 0.3 is 0 Å². The van der Waals surface area contributed by atoms with E-state index >= 15 is 0 Å². The van der Waals surface area contributed by atoms with Crippen LogP contribution in [0.1, 0.15) is 26.3 Å². The van der Waals surface area contributed by atoms with Crippen molar-refractivity contribution >= 4 is 29.9 Å². The predicted molar refractivity (Wildman–Crippen MR) is 107 cm³/mol. The summed E-state index contributed by atoms with van der Waals surface area (Å²) in [6, 6.07) is 6.09. The van der Waals surface area contributed by atoms with E-state index in [-0.39, 0.29) is 29.4 Å². The predicted octanol–water partition coefficient (Wildman–Crippen LogP) is 2.51. The molecule has 7 heteroatoms. The van der Waals surface area contributed by atoms with Gasteiger partial charge in [-0.2, -0.15) is 0 Å². The first-order valence-electron chi connectivity index (χ1n) is 7.98. The Kier molecular flexibility index (Phi) is 8.61. The number of hydrogen-bond acceptors (Lipinski definition) is 4. The summed E-state index contributed by atoms with van der Waals surface area (Å²) in [5, 5.41) is 6.50. The minimum absolute atomic E-state index is 0. The number of methoxy groups -OCH3 is 1. The number of guanidine groups is 1. The van der Waals surface area contributed by atoms with Crippen LogP contribution in [-0.2, 0) is 10.2 Å². The highest BCUT2D eigenvalue weighted by molar-refractivity contribution is 14.0. The molecule has 0 spiro atoms. The third-order valence-corrected chi connectivity index (χ3v) is 3.73. The molecule has 2 N–H and O–H groups in total. The van der Waals surface area contributed by atoms with Gasteiger partial charge in [0.25, 0.3) is 0 Å². The van der Waals surface area contributed by atoms with Crippen LogP contribution in [0.5, 0.6) is 11.5 Å².